The third-order valence-corrected chi connectivity index (χ3v) is 3.04. The second kappa shape index (κ2) is 7.35. The van der Waals surface area contributed by atoms with Crippen LogP contribution in [0.3, 0.4) is 0 Å². The fourth-order valence-corrected chi connectivity index (χ4v) is 1.95. The van der Waals surface area contributed by atoms with E-state index >= 15 is 0 Å². The zero-order valence-electron chi connectivity index (χ0n) is 10.9. The van der Waals surface area contributed by atoms with Gasteiger partial charge in [0.2, 0.25) is 0 Å². The minimum Gasteiger partial charge on any atom is -0.490 e. The van der Waals surface area contributed by atoms with Crippen LogP contribution in [0.2, 0.25) is 0 Å². The first-order chi connectivity index (χ1) is 8.99. The van der Waals surface area contributed by atoms with Crippen molar-refractivity contribution in [2.45, 2.75) is 26.4 Å². The fourth-order valence-electron chi connectivity index (χ4n) is 1.39. The normalized spacial score (nSPS) is 12.0. The molecule has 6 heteroatoms. The number of rotatable bonds is 7. The number of aromatic carboxylic acids is 1. The van der Waals surface area contributed by atoms with Gasteiger partial charge >= 0.3 is 5.97 Å². The lowest BCUT2D eigenvalue weighted by Gasteiger charge is -2.16. The van der Waals surface area contributed by atoms with Crippen molar-refractivity contribution < 1.29 is 24.5 Å². The summed E-state index contributed by atoms with van der Waals surface area (Å²) in [6, 6.07) is 2.85. The quantitative estimate of drug-likeness (QED) is 0.802. The molecule has 0 amide bonds. The fraction of sp³-hybridized carbons (Fsp3) is 0.462. The number of halogens is 1. The van der Waals surface area contributed by atoms with Crippen molar-refractivity contribution in [3.8, 4) is 11.5 Å². The molecule has 0 fully saturated rings. The van der Waals surface area contributed by atoms with Crippen molar-refractivity contribution >= 4 is 21.9 Å². The van der Waals surface area contributed by atoms with E-state index in [0.29, 0.717) is 29.0 Å². The van der Waals surface area contributed by atoms with E-state index in [0.717, 1.165) is 0 Å². The van der Waals surface area contributed by atoms with Crippen molar-refractivity contribution in [2.75, 3.05) is 13.2 Å². The van der Waals surface area contributed by atoms with Crippen LogP contribution < -0.4 is 9.47 Å². The molecule has 5 nitrogen and oxygen atoms in total. The summed E-state index contributed by atoms with van der Waals surface area (Å²) in [6.07, 6.45) is 0.00921. The predicted octanol–water partition coefficient (Wildman–Crippen LogP) is 2.70. The largest absolute Gasteiger partial charge is 0.490 e. The van der Waals surface area contributed by atoms with Gasteiger partial charge < -0.3 is 19.7 Å². The third-order valence-electron chi connectivity index (χ3n) is 2.45. The highest BCUT2D eigenvalue weighted by molar-refractivity contribution is 9.10. The van der Waals surface area contributed by atoms with Crippen LogP contribution >= 0.6 is 15.9 Å². The van der Waals surface area contributed by atoms with E-state index in [4.69, 9.17) is 14.6 Å². The van der Waals surface area contributed by atoms with E-state index < -0.39 is 12.1 Å². The molecule has 1 unspecified atom stereocenters. The molecule has 1 rings (SSSR count). The molecule has 0 spiro atoms. The first kappa shape index (κ1) is 15.8. The van der Waals surface area contributed by atoms with Gasteiger partial charge in [0.25, 0.3) is 0 Å². The van der Waals surface area contributed by atoms with E-state index in [1.165, 1.54) is 12.1 Å². The molecule has 0 aliphatic heterocycles. The van der Waals surface area contributed by atoms with Crippen LogP contribution in [0.5, 0.6) is 11.5 Å². The van der Waals surface area contributed by atoms with Crippen molar-refractivity contribution in [3.05, 3.63) is 22.2 Å². The van der Waals surface area contributed by atoms with Gasteiger partial charge in [-0.05, 0) is 41.4 Å². The summed E-state index contributed by atoms with van der Waals surface area (Å²) in [5.41, 5.74) is 0.110. The second-order valence-electron chi connectivity index (χ2n) is 3.90. The Morgan fingerprint density at radius 2 is 2.05 bits per heavy atom. The molecule has 0 bridgehead atoms. The van der Waals surface area contributed by atoms with Crippen LogP contribution in [0.1, 0.15) is 30.6 Å². The molecule has 0 heterocycles. The van der Waals surface area contributed by atoms with E-state index in [9.17, 15) is 9.90 Å². The molecule has 0 aromatic heterocycles. The van der Waals surface area contributed by atoms with E-state index in [-0.39, 0.29) is 12.2 Å². The van der Waals surface area contributed by atoms with Crippen molar-refractivity contribution in [1.82, 2.24) is 0 Å². The van der Waals surface area contributed by atoms with Crippen molar-refractivity contribution in [1.29, 1.82) is 0 Å². The zero-order valence-corrected chi connectivity index (χ0v) is 12.4. The van der Waals surface area contributed by atoms with Gasteiger partial charge in [-0.25, -0.2) is 4.79 Å². The van der Waals surface area contributed by atoms with Crippen molar-refractivity contribution in [2.24, 2.45) is 0 Å². The summed E-state index contributed by atoms with van der Waals surface area (Å²) >= 11 is 3.26. The Morgan fingerprint density at radius 3 is 2.58 bits per heavy atom. The van der Waals surface area contributed by atoms with Crippen LogP contribution in [-0.2, 0) is 0 Å². The topological polar surface area (TPSA) is 76.0 Å². The Balaban J connectivity index is 3.03. The molecule has 0 aliphatic carbocycles. The molecule has 1 aromatic rings. The number of carbonyl (C=O) groups is 1. The maximum absolute atomic E-state index is 11.0. The van der Waals surface area contributed by atoms with E-state index in [2.05, 4.69) is 15.9 Å². The highest BCUT2D eigenvalue weighted by Crippen LogP contribution is 2.37. The lowest BCUT2D eigenvalue weighted by molar-refractivity contribution is 0.0695. The number of hydrogen-bond donors (Lipinski definition) is 2. The maximum Gasteiger partial charge on any atom is 0.335 e. The van der Waals surface area contributed by atoms with Gasteiger partial charge in [-0.15, -0.1) is 0 Å². The van der Waals surface area contributed by atoms with Crippen LogP contribution in [0.25, 0.3) is 0 Å². The average molecular weight is 333 g/mol. The standard InChI is InChI=1S/C13H17BrO5/c1-3-9(15)7-19-12-10(14)5-8(13(16)17)6-11(12)18-4-2/h5-6,9,15H,3-4,7H2,1-2H3,(H,16,17). The Labute approximate surface area is 120 Å². The highest BCUT2D eigenvalue weighted by atomic mass is 79.9. The summed E-state index contributed by atoms with van der Waals surface area (Å²) in [7, 11) is 0. The minimum atomic E-state index is -1.04. The van der Waals surface area contributed by atoms with Gasteiger partial charge in [0.05, 0.1) is 22.7 Å². The Hall–Kier alpha value is -1.27. The van der Waals surface area contributed by atoms with Gasteiger partial charge in [0.15, 0.2) is 11.5 Å². The van der Waals surface area contributed by atoms with Gasteiger partial charge in [-0.1, -0.05) is 6.92 Å². The number of carboxylic acids is 1. The van der Waals surface area contributed by atoms with E-state index in [1.54, 1.807) is 6.92 Å². The summed E-state index contributed by atoms with van der Waals surface area (Å²) in [5.74, 6) is -0.293. The molecule has 0 radical (unpaired) electrons. The lowest BCUT2D eigenvalue weighted by atomic mass is 10.2. The monoisotopic (exact) mass is 332 g/mol. The van der Waals surface area contributed by atoms with Crippen LogP contribution in [0, 0.1) is 0 Å². The Morgan fingerprint density at radius 1 is 1.37 bits per heavy atom. The summed E-state index contributed by atoms with van der Waals surface area (Å²) in [5, 5.41) is 18.5. The number of hydrogen-bond acceptors (Lipinski definition) is 4. The van der Waals surface area contributed by atoms with Gasteiger partial charge in [0.1, 0.15) is 6.61 Å². The van der Waals surface area contributed by atoms with Crippen LogP contribution in [-0.4, -0.2) is 35.5 Å². The first-order valence-corrected chi connectivity index (χ1v) is 6.79. The molecule has 1 atom stereocenters. The van der Waals surface area contributed by atoms with Gasteiger partial charge in [-0.2, -0.15) is 0 Å². The van der Waals surface area contributed by atoms with Crippen LogP contribution in [0.4, 0.5) is 0 Å². The van der Waals surface area contributed by atoms with Gasteiger partial charge in [-0.3, -0.25) is 0 Å². The molecule has 0 aliphatic rings. The smallest absolute Gasteiger partial charge is 0.335 e. The van der Waals surface area contributed by atoms with Crippen molar-refractivity contribution in [3.63, 3.8) is 0 Å². The third kappa shape index (κ3) is 4.40. The number of aliphatic hydroxyl groups is 1. The Kier molecular flexibility index (Phi) is 6.11. The molecule has 0 saturated heterocycles. The maximum atomic E-state index is 11.0. The zero-order chi connectivity index (χ0) is 14.4. The van der Waals surface area contributed by atoms with Gasteiger partial charge in [0, 0.05) is 0 Å². The first-order valence-electron chi connectivity index (χ1n) is 6.00. The molecule has 0 saturated carbocycles. The molecule has 2 N–H and O–H groups in total. The molecular weight excluding hydrogens is 316 g/mol. The second-order valence-corrected chi connectivity index (χ2v) is 4.75. The molecule has 106 valence electrons. The minimum absolute atomic E-state index is 0.110. The molecule has 19 heavy (non-hydrogen) atoms. The number of benzene rings is 1. The number of ether oxygens (including phenoxy) is 2. The lowest BCUT2D eigenvalue weighted by Crippen LogP contribution is -2.16. The molecular formula is C13H17BrO5. The number of aliphatic hydroxyl groups excluding tert-OH is 1. The predicted molar refractivity (Wildman–Crippen MR) is 74.1 cm³/mol. The number of carboxylic acid groups (broad SMARTS) is 1. The Bertz CT molecular complexity index is 447. The van der Waals surface area contributed by atoms with Crippen LogP contribution in [0.15, 0.2) is 16.6 Å². The highest BCUT2D eigenvalue weighted by Gasteiger charge is 2.16. The average Bonchev–Trinajstić information content (AvgIpc) is 2.37. The van der Waals surface area contributed by atoms with E-state index in [1.807, 2.05) is 6.92 Å². The molecule has 1 aromatic carbocycles. The summed E-state index contributed by atoms with van der Waals surface area (Å²) < 4.78 is 11.4. The summed E-state index contributed by atoms with van der Waals surface area (Å²) in [4.78, 5) is 11.0. The summed E-state index contributed by atoms with van der Waals surface area (Å²) in [6.45, 7) is 4.16. The SMILES string of the molecule is CCOc1cc(C(=O)O)cc(Br)c1OCC(O)CC.